The van der Waals surface area contributed by atoms with Crippen LogP contribution in [0.25, 0.3) is 94.7 Å². The Bertz CT molecular complexity index is 3240. The summed E-state index contributed by atoms with van der Waals surface area (Å²) in [5.41, 5.74) is 5.94. The Labute approximate surface area is 299 Å². The van der Waals surface area contributed by atoms with Crippen LogP contribution in [-0.4, -0.2) is 19.5 Å². The average Bonchev–Trinajstić information content (AvgIpc) is 3.83. The van der Waals surface area contributed by atoms with Crippen molar-refractivity contribution in [2.75, 3.05) is 0 Å². The Balaban J connectivity index is 1.18. The zero-order valence-electron chi connectivity index (χ0n) is 34.2. The molecule has 0 fully saturated rings. The second-order valence-corrected chi connectivity index (χ2v) is 11.9. The molecule has 10 rings (SSSR count). The quantitative estimate of drug-likeness (QED) is 0.186. The molecule has 234 valence electrons. The summed E-state index contributed by atoms with van der Waals surface area (Å²) in [5.74, 6) is 1.43. The molecule has 0 spiro atoms. The van der Waals surface area contributed by atoms with Crippen molar-refractivity contribution < 1.29 is 15.4 Å². The van der Waals surface area contributed by atoms with Gasteiger partial charge in [0.2, 0.25) is 0 Å². The molecule has 0 unspecified atom stereocenters. The van der Waals surface area contributed by atoms with E-state index in [-0.39, 0.29) is 33.9 Å². The van der Waals surface area contributed by atoms with Gasteiger partial charge in [-0.15, -0.1) is 0 Å². The number of nitrogens with zero attached hydrogens (tertiary/aromatic N) is 4. The van der Waals surface area contributed by atoms with Gasteiger partial charge in [0, 0.05) is 50.0 Å². The predicted octanol–water partition coefficient (Wildman–Crippen LogP) is 11.5. The first-order valence-corrected chi connectivity index (χ1v) is 16.0. The summed E-state index contributed by atoms with van der Waals surface area (Å²) in [4.78, 5) is 14.9. The van der Waals surface area contributed by atoms with Crippen molar-refractivity contribution in [2.45, 2.75) is 0 Å². The fourth-order valence-electron chi connectivity index (χ4n) is 6.60. The van der Waals surface area contributed by atoms with Crippen molar-refractivity contribution in [3.8, 4) is 51.0 Å². The number of rotatable bonds is 5. The minimum atomic E-state index is -0.495. The number of aromatic nitrogens is 4. The largest absolute Gasteiger partial charge is 0.456 e. The van der Waals surface area contributed by atoms with Crippen LogP contribution in [0.15, 0.2) is 174 Å². The van der Waals surface area contributed by atoms with E-state index in [4.69, 9.17) is 30.3 Å². The third kappa shape index (κ3) is 4.60. The summed E-state index contributed by atoms with van der Waals surface area (Å²) < 4.78 is 77.0. The van der Waals surface area contributed by atoms with Crippen LogP contribution in [0.1, 0.15) is 11.0 Å². The van der Waals surface area contributed by atoms with Gasteiger partial charge in [0.1, 0.15) is 11.2 Å². The fraction of sp³-hybridized carbons (Fsp3) is 0. The van der Waals surface area contributed by atoms with Crippen LogP contribution < -0.4 is 0 Å². The smallest absolute Gasteiger partial charge is 0.164 e. The summed E-state index contributed by atoms with van der Waals surface area (Å²) in [6.07, 6.45) is 0. The normalized spacial score (nSPS) is 13.8. The van der Waals surface area contributed by atoms with E-state index >= 15 is 0 Å². The number of furan rings is 1. The Morgan fingerprint density at radius 1 is 0.460 bits per heavy atom. The molecular weight excluding hydrogens is 613 g/mol. The first-order valence-electron chi connectivity index (χ1n) is 20.0. The van der Waals surface area contributed by atoms with Gasteiger partial charge < -0.3 is 8.98 Å². The number of para-hydroxylation sites is 2. The maximum atomic E-state index is 8.91. The summed E-state index contributed by atoms with van der Waals surface area (Å²) in [5, 5.41) is 1.48. The van der Waals surface area contributed by atoms with Gasteiger partial charge in [-0.2, -0.15) is 0 Å². The lowest BCUT2D eigenvalue weighted by Gasteiger charge is -2.10. The van der Waals surface area contributed by atoms with E-state index < -0.39 is 36.3 Å². The molecule has 5 nitrogen and oxygen atoms in total. The van der Waals surface area contributed by atoms with Crippen molar-refractivity contribution in [2.24, 2.45) is 0 Å². The van der Waals surface area contributed by atoms with Gasteiger partial charge in [-0.3, -0.25) is 0 Å². The molecule has 0 bridgehead atoms. The third-order valence-corrected chi connectivity index (χ3v) is 8.93. The zero-order chi connectivity index (χ0) is 40.0. The molecule has 3 aromatic heterocycles. The number of benzene rings is 7. The molecule has 3 heterocycles. The third-order valence-electron chi connectivity index (χ3n) is 8.93. The van der Waals surface area contributed by atoms with Gasteiger partial charge in [0.05, 0.1) is 22.0 Å². The van der Waals surface area contributed by atoms with E-state index in [1.807, 2.05) is 97.1 Å². The summed E-state index contributed by atoms with van der Waals surface area (Å²) >= 11 is 0. The van der Waals surface area contributed by atoms with E-state index in [0.717, 1.165) is 27.6 Å². The van der Waals surface area contributed by atoms with Crippen molar-refractivity contribution in [1.82, 2.24) is 19.5 Å². The van der Waals surface area contributed by atoms with Crippen LogP contribution in [-0.2, 0) is 0 Å². The van der Waals surface area contributed by atoms with Crippen LogP contribution >= 0.6 is 0 Å². The number of hydrogen-bond acceptors (Lipinski definition) is 4. The summed E-state index contributed by atoms with van der Waals surface area (Å²) in [6.45, 7) is 0. The SMILES string of the molecule is [2H]c1c([2H])c([2H])c2c(c1[2H])c1c([2H])c([2H])c([2H])c([2H])c1n2-c1ccc2c(c1)oc1cccc(-c3nc(-c4ccccc4)nc(-c4ccc(-c5ccccc5)cc4)n3)c12. The van der Waals surface area contributed by atoms with Gasteiger partial charge in [-0.1, -0.05) is 133 Å². The van der Waals surface area contributed by atoms with Crippen molar-refractivity contribution in [3.05, 3.63) is 170 Å². The average molecular weight is 649 g/mol. The molecule has 0 atom stereocenters. The second-order valence-electron chi connectivity index (χ2n) is 11.9. The monoisotopic (exact) mass is 648 g/mol. The predicted molar refractivity (Wildman–Crippen MR) is 203 cm³/mol. The van der Waals surface area contributed by atoms with Crippen LogP contribution in [0.4, 0.5) is 0 Å². The molecule has 0 aliphatic heterocycles. The molecule has 5 heteroatoms. The van der Waals surface area contributed by atoms with E-state index in [2.05, 4.69) is 12.1 Å². The van der Waals surface area contributed by atoms with Crippen molar-refractivity contribution >= 4 is 43.7 Å². The van der Waals surface area contributed by atoms with Gasteiger partial charge in [-0.05, 0) is 41.4 Å². The first-order chi connectivity index (χ1) is 28.1. The maximum Gasteiger partial charge on any atom is 0.164 e. The fourth-order valence-corrected chi connectivity index (χ4v) is 6.60. The van der Waals surface area contributed by atoms with Gasteiger partial charge in [-0.25, -0.2) is 15.0 Å². The highest BCUT2D eigenvalue weighted by molar-refractivity contribution is 6.13. The lowest BCUT2D eigenvalue weighted by atomic mass is 10.0. The Hall–Kier alpha value is -6.85. The minimum absolute atomic E-state index is 0.00885. The van der Waals surface area contributed by atoms with Gasteiger partial charge in [0.15, 0.2) is 17.5 Å². The molecule has 0 aliphatic carbocycles. The summed E-state index contributed by atoms with van der Waals surface area (Å²) in [7, 11) is 0. The van der Waals surface area contributed by atoms with Crippen molar-refractivity contribution in [3.63, 3.8) is 0 Å². The van der Waals surface area contributed by atoms with E-state index in [0.29, 0.717) is 45.3 Å². The zero-order valence-corrected chi connectivity index (χ0v) is 26.2. The van der Waals surface area contributed by atoms with E-state index in [1.54, 1.807) is 12.1 Å². The Morgan fingerprint density at radius 3 is 1.70 bits per heavy atom. The second kappa shape index (κ2) is 11.4. The highest BCUT2D eigenvalue weighted by Crippen LogP contribution is 2.39. The highest BCUT2D eigenvalue weighted by Gasteiger charge is 2.19. The lowest BCUT2D eigenvalue weighted by molar-refractivity contribution is 0.668. The van der Waals surface area contributed by atoms with Crippen LogP contribution in [0, 0.1) is 0 Å². The van der Waals surface area contributed by atoms with Gasteiger partial charge in [0.25, 0.3) is 0 Å². The number of fused-ring (bicyclic) bond motifs is 6. The number of hydrogen-bond donors (Lipinski definition) is 0. The van der Waals surface area contributed by atoms with Gasteiger partial charge >= 0.3 is 0 Å². The first kappa shape index (κ1) is 21.2. The highest BCUT2D eigenvalue weighted by atomic mass is 16.3. The molecule has 0 saturated heterocycles. The molecule has 0 saturated carbocycles. The molecule has 0 amide bonds. The molecular formula is C45H28N4O. The standard InChI is InChI=1S/C45H28N4O/c1-3-12-29(13-4-1)30-22-24-32(25-23-30)44-46-43(31-14-5-2-6-15-31)47-45(48-44)37-18-11-21-40-42(37)36-27-26-33(28-41(36)50-40)49-38-19-9-7-16-34(38)35-17-8-10-20-39(35)49/h1-28H/i7D,8D,9D,10D,16D,17D,19D,20D. The Kier molecular flexibility index (Phi) is 4.83. The van der Waals surface area contributed by atoms with Crippen molar-refractivity contribution in [1.29, 1.82) is 0 Å². The molecule has 50 heavy (non-hydrogen) atoms. The minimum Gasteiger partial charge on any atom is -0.456 e. The molecule has 7 aromatic carbocycles. The maximum absolute atomic E-state index is 8.91. The van der Waals surface area contributed by atoms with Crippen LogP contribution in [0.5, 0.6) is 0 Å². The van der Waals surface area contributed by atoms with Crippen LogP contribution in [0.3, 0.4) is 0 Å². The van der Waals surface area contributed by atoms with Crippen LogP contribution in [0.2, 0.25) is 0 Å². The topological polar surface area (TPSA) is 56.7 Å². The molecule has 0 N–H and O–H groups in total. The molecule has 0 aliphatic rings. The molecule has 0 radical (unpaired) electrons. The Morgan fingerprint density at radius 2 is 1.02 bits per heavy atom. The van der Waals surface area contributed by atoms with E-state index in [1.165, 1.54) is 4.57 Å². The lowest BCUT2D eigenvalue weighted by Crippen LogP contribution is -2.00. The summed E-state index contributed by atoms with van der Waals surface area (Å²) in [6, 6.07) is 35.4. The molecule has 10 aromatic rings. The van der Waals surface area contributed by atoms with E-state index in [9.17, 15) is 0 Å².